The topological polar surface area (TPSA) is 77.1 Å². The minimum Gasteiger partial charge on any atom is -0.492 e. The van der Waals surface area contributed by atoms with E-state index in [0.29, 0.717) is 34.9 Å². The van der Waals surface area contributed by atoms with Gasteiger partial charge in [0, 0.05) is 23.5 Å². The molecule has 1 aliphatic heterocycles. The molecular weight excluding hydrogens is 408 g/mol. The number of carbonyl (C=O) groups is 2. The molecule has 7 nitrogen and oxygen atoms in total. The van der Waals surface area contributed by atoms with Gasteiger partial charge in [0.25, 0.3) is 0 Å². The van der Waals surface area contributed by atoms with E-state index >= 15 is 0 Å². The highest BCUT2D eigenvalue weighted by molar-refractivity contribution is 6.00. The summed E-state index contributed by atoms with van der Waals surface area (Å²) in [6, 6.07) is 7.53. The van der Waals surface area contributed by atoms with Crippen LogP contribution in [0, 0.1) is 0 Å². The monoisotopic (exact) mass is 444 g/mol. The Labute approximate surface area is 191 Å². The molecule has 176 valence electrons. The van der Waals surface area contributed by atoms with Crippen molar-refractivity contribution in [1.29, 1.82) is 0 Å². The Kier molecular flexibility index (Phi) is 9.78. The number of dihydropyridines is 1. The Bertz CT molecular complexity index is 831. The molecule has 32 heavy (non-hydrogen) atoms. The Morgan fingerprint density at radius 3 is 1.94 bits per heavy atom. The molecule has 0 amide bonds. The number of esters is 2. The number of carbonyl (C=O) groups excluding carboxylic acids is 2. The number of hydrogen-bond acceptors (Lipinski definition) is 7. The fourth-order valence-corrected chi connectivity index (χ4v) is 3.94. The van der Waals surface area contributed by atoms with Crippen molar-refractivity contribution in [1.82, 2.24) is 10.2 Å². The molecule has 1 aromatic carbocycles. The van der Waals surface area contributed by atoms with Gasteiger partial charge < -0.3 is 24.4 Å². The molecule has 0 atom stereocenters. The van der Waals surface area contributed by atoms with E-state index in [-0.39, 0.29) is 13.2 Å². The van der Waals surface area contributed by atoms with E-state index in [1.54, 1.807) is 13.8 Å². The van der Waals surface area contributed by atoms with Gasteiger partial charge in [-0.1, -0.05) is 32.0 Å². The molecule has 1 aromatic rings. The van der Waals surface area contributed by atoms with Crippen molar-refractivity contribution in [2.24, 2.45) is 0 Å². The summed E-state index contributed by atoms with van der Waals surface area (Å²) in [6.07, 6.45) is 0. The van der Waals surface area contributed by atoms with Gasteiger partial charge in [-0.25, -0.2) is 9.59 Å². The summed E-state index contributed by atoms with van der Waals surface area (Å²) in [5, 5.41) is 3.16. The molecule has 0 aromatic heterocycles. The largest absolute Gasteiger partial charge is 0.492 e. The van der Waals surface area contributed by atoms with Gasteiger partial charge in [-0.15, -0.1) is 0 Å². The summed E-state index contributed by atoms with van der Waals surface area (Å²) in [5.41, 5.74) is 2.81. The Morgan fingerprint density at radius 1 is 0.906 bits per heavy atom. The first kappa shape index (κ1) is 25.5. The second-order valence-corrected chi connectivity index (χ2v) is 7.49. The van der Waals surface area contributed by atoms with Gasteiger partial charge in [0.05, 0.1) is 30.3 Å². The molecule has 0 spiro atoms. The van der Waals surface area contributed by atoms with Gasteiger partial charge in [-0.2, -0.15) is 0 Å². The van der Waals surface area contributed by atoms with Gasteiger partial charge in [-0.3, -0.25) is 0 Å². The van der Waals surface area contributed by atoms with Gasteiger partial charge in [0.1, 0.15) is 12.4 Å². The van der Waals surface area contributed by atoms with Crippen molar-refractivity contribution < 1.29 is 23.8 Å². The predicted octanol–water partition coefficient (Wildman–Crippen LogP) is 3.77. The van der Waals surface area contributed by atoms with Crippen molar-refractivity contribution in [2.45, 2.75) is 47.5 Å². The third-order valence-electron chi connectivity index (χ3n) is 5.54. The van der Waals surface area contributed by atoms with Crippen molar-refractivity contribution in [3.8, 4) is 5.75 Å². The summed E-state index contributed by atoms with van der Waals surface area (Å²) >= 11 is 0. The molecule has 1 heterocycles. The highest BCUT2D eigenvalue weighted by Crippen LogP contribution is 2.42. The number of ether oxygens (including phenoxy) is 3. The zero-order chi connectivity index (χ0) is 23.7. The summed E-state index contributed by atoms with van der Waals surface area (Å²) in [5.74, 6) is -0.945. The van der Waals surface area contributed by atoms with Gasteiger partial charge in [0.2, 0.25) is 0 Å². The third-order valence-corrected chi connectivity index (χ3v) is 5.54. The minimum atomic E-state index is -0.654. The third kappa shape index (κ3) is 5.91. The molecule has 0 fully saturated rings. The summed E-state index contributed by atoms with van der Waals surface area (Å²) in [7, 11) is 0. The Hall–Kier alpha value is -2.80. The van der Waals surface area contributed by atoms with Crippen molar-refractivity contribution in [3.05, 3.63) is 52.4 Å². The van der Waals surface area contributed by atoms with Gasteiger partial charge in [0.15, 0.2) is 0 Å². The smallest absolute Gasteiger partial charge is 0.336 e. The predicted molar refractivity (Wildman–Crippen MR) is 124 cm³/mol. The number of allylic oxidation sites excluding steroid dienone is 2. The first-order valence-corrected chi connectivity index (χ1v) is 11.4. The lowest BCUT2D eigenvalue weighted by Crippen LogP contribution is -2.33. The van der Waals surface area contributed by atoms with Crippen LogP contribution in [-0.4, -0.2) is 56.3 Å². The van der Waals surface area contributed by atoms with Crippen LogP contribution >= 0.6 is 0 Å². The minimum absolute atomic E-state index is 0.238. The molecule has 0 unspecified atom stereocenters. The molecular formula is C25H36N2O5. The average molecular weight is 445 g/mol. The lowest BCUT2D eigenvalue weighted by Gasteiger charge is -2.31. The molecule has 7 heteroatoms. The molecule has 0 bridgehead atoms. The van der Waals surface area contributed by atoms with E-state index in [0.717, 1.165) is 25.2 Å². The first-order valence-electron chi connectivity index (χ1n) is 11.4. The van der Waals surface area contributed by atoms with Crippen LogP contribution in [0.25, 0.3) is 0 Å². The Balaban J connectivity index is 2.53. The Morgan fingerprint density at radius 2 is 1.44 bits per heavy atom. The SMILES string of the molecule is CCOC(=O)C1=C(C)NC(C)=C(C(=O)OCC)C1c1ccccc1OCCN(CC)CC. The summed E-state index contributed by atoms with van der Waals surface area (Å²) in [6.45, 7) is 15.0. The van der Waals surface area contributed by atoms with E-state index < -0.39 is 17.9 Å². The van der Waals surface area contributed by atoms with Crippen LogP contribution in [0.1, 0.15) is 53.0 Å². The van der Waals surface area contributed by atoms with Gasteiger partial charge >= 0.3 is 11.9 Å². The highest BCUT2D eigenvalue weighted by Gasteiger charge is 2.39. The number of hydrogen-bond donors (Lipinski definition) is 1. The van der Waals surface area contributed by atoms with Gasteiger partial charge in [-0.05, 0) is 46.9 Å². The molecule has 1 aliphatic rings. The molecule has 0 radical (unpaired) electrons. The van der Waals surface area contributed by atoms with Crippen LogP contribution in [0.3, 0.4) is 0 Å². The van der Waals surface area contributed by atoms with E-state index in [1.165, 1.54) is 0 Å². The van der Waals surface area contributed by atoms with Crippen LogP contribution in [-0.2, 0) is 19.1 Å². The number of nitrogens with zero attached hydrogens (tertiary/aromatic N) is 1. The number of likely N-dealkylation sites (N-methyl/N-ethyl adjacent to an activating group) is 1. The molecule has 2 rings (SSSR count). The van der Waals surface area contributed by atoms with Crippen LogP contribution in [0.15, 0.2) is 46.8 Å². The van der Waals surface area contributed by atoms with Crippen LogP contribution in [0.2, 0.25) is 0 Å². The molecule has 0 saturated heterocycles. The van der Waals surface area contributed by atoms with Crippen LogP contribution in [0.5, 0.6) is 5.75 Å². The summed E-state index contributed by atoms with van der Waals surface area (Å²) in [4.78, 5) is 28.2. The van der Waals surface area contributed by atoms with E-state index in [4.69, 9.17) is 14.2 Å². The standard InChI is InChI=1S/C25H36N2O5/c1-7-27(8-2)15-16-32-20-14-12-11-13-19(20)23-21(24(28)30-9-3)17(5)26-18(6)22(23)25(29)31-10-4/h11-14,23,26H,7-10,15-16H2,1-6H3. The second kappa shape index (κ2) is 12.3. The maximum atomic E-state index is 13.0. The quantitative estimate of drug-likeness (QED) is 0.521. The zero-order valence-electron chi connectivity index (χ0n) is 20.1. The maximum absolute atomic E-state index is 13.0. The highest BCUT2D eigenvalue weighted by atomic mass is 16.5. The van der Waals surface area contributed by atoms with E-state index in [1.807, 2.05) is 38.1 Å². The lowest BCUT2D eigenvalue weighted by molar-refractivity contribution is -0.139. The molecule has 1 N–H and O–H groups in total. The summed E-state index contributed by atoms with van der Waals surface area (Å²) < 4.78 is 16.9. The number of benzene rings is 1. The zero-order valence-corrected chi connectivity index (χ0v) is 20.1. The fraction of sp³-hybridized carbons (Fsp3) is 0.520. The lowest BCUT2D eigenvalue weighted by atomic mass is 9.80. The van der Waals surface area contributed by atoms with E-state index in [9.17, 15) is 9.59 Å². The molecule has 0 saturated carbocycles. The first-order chi connectivity index (χ1) is 15.4. The number of para-hydroxylation sites is 1. The number of rotatable bonds is 11. The van der Waals surface area contributed by atoms with Crippen molar-refractivity contribution in [2.75, 3.05) is 39.5 Å². The number of nitrogens with one attached hydrogen (secondary N) is 1. The second-order valence-electron chi connectivity index (χ2n) is 7.49. The maximum Gasteiger partial charge on any atom is 0.336 e. The van der Waals surface area contributed by atoms with Crippen LogP contribution in [0.4, 0.5) is 0 Å². The normalized spacial score (nSPS) is 14.5. The molecule has 0 aliphatic carbocycles. The average Bonchev–Trinajstić information content (AvgIpc) is 2.76. The van der Waals surface area contributed by atoms with E-state index in [2.05, 4.69) is 24.1 Å². The van der Waals surface area contributed by atoms with Crippen molar-refractivity contribution >= 4 is 11.9 Å². The fourth-order valence-electron chi connectivity index (χ4n) is 3.94. The van der Waals surface area contributed by atoms with Crippen LogP contribution < -0.4 is 10.1 Å². The van der Waals surface area contributed by atoms with Crippen molar-refractivity contribution in [3.63, 3.8) is 0 Å².